The number of nitrogens with one attached hydrogen (secondary N) is 1. The highest BCUT2D eigenvalue weighted by atomic mass is 16.5. The van der Waals surface area contributed by atoms with Crippen LogP contribution in [-0.4, -0.2) is 41.5 Å². The number of H-pyrrole nitrogens is 1. The molecule has 8 nitrogen and oxygen atoms in total. The summed E-state index contributed by atoms with van der Waals surface area (Å²) in [6.07, 6.45) is 2.70. The monoisotopic (exact) mass is 486 g/mol. The van der Waals surface area contributed by atoms with E-state index in [4.69, 9.17) is 13.9 Å². The van der Waals surface area contributed by atoms with Crippen molar-refractivity contribution in [2.45, 2.75) is 45.2 Å². The van der Waals surface area contributed by atoms with E-state index < -0.39 is 12.0 Å². The SMILES string of the molecule is COC(=O)[C@H]1Cc2c([nH]c3ccccc23)CN1C(=O)COc1cc(C)cc2oc(=O)c3c(c12)CCC3. The molecule has 0 fully saturated rings. The van der Waals surface area contributed by atoms with Crippen LogP contribution in [0.25, 0.3) is 21.9 Å². The average molecular weight is 487 g/mol. The lowest BCUT2D eigenvalue weighted by Crippen LogP contribution is -2.50. The minimum absolute atomic E-state index is 0.254. The Bertz CT molecular complexity index is 1600. The summed E-state index contributed by atoms with van der Waals surface area (Å²) in [5.41, 5.74) is 5.57. The molecule has 8 heteroatoms. The van der Waals surface area contributed by atoms with Gasteiger partial charge in [-0.2, -0.15) is 0 Å². The number of fused-ring (bicyclic) bond motifs is 6. The summed E-state index contributed by atoms with van der Waals surface area (Å²) in [4.78, 5) is 43.4. The quantitative estimate of drug-likeness (QED) is 0.350. The van der Waals surface area contributed by atoms with Gasteiger partial charge in [0, 0.05) is 28.6 Å². The Morgan fingerprint density at radius 3 is 2.78 bits per heavy atom. The molecule has 36 heavy (non-hydrogen) atoms. The summed E-state index contributed by atoms with van der Waals surface area (Å²) >= 11 is 0. The molecule has 0 radical (unpaired) electrons. The second kappa shape index (κ2) is 8.55. The molecule has 3 heterocycles. The number of carbonyl (C=O) groups is 2. The molecule has 1 atom stereocenters. The summed E-state index contributed by atoms with van der Waals surface area (Å²) in [6.45, 7) is 1.89. The third kappa shape index (κ3) is 3.56. The fraction of sp³-hybridized carbons (Fsp3) is 0.321. The molecule has 4 aromatic rings. The van der Waals surface area contributed by atoms with Crippen LogP contribution in [0, 0.1) is 6.92 Å². The van der Waals surface area contributed by atoms with Gasteiger partial charge in [0.15, 0.2) is 6.61 Å². The Labute approximate surface area is 206 Å². The first kappa shape index (κ1) is 22.4. The number of para-hydroxylation sites is 1. The largest absolute Gasteiger partial charge is 0.483 e. The van der Waals surface area contributed by atoms with Gasteiger partial charge in [-0.15, -0.1) is 0 Å². The smallest absolute Gasteiger partial charge is 0.339 e. The first-order valence-electron chi connectivity index (χ1n) is 12.1. The Morgan fingerprint density at radius 2 is 1.94 bits per heavy atom. The molecule has 0 bridgehead atoms. The maximum absolute atomic E-state index is 13.4. The fourth-order valence-electron chi connectivity index (χ4n) is 5.66. The van der Waals surface area contributed by atoms with Gasteiger partial charge in [0.25, 0.3) is 5.91 Å². The number of nitrogens with zero attached hydrogens (tertiary/aromatic N) is 1. The maximum atomic E-state index is 13.4. The number of aromatic amines is 1. The Balaban J connectivity index is 1.32. The van der Waals surface area contributed by atoms with E-state index in [1.165, 1.54) is 12.0 Å². The van der Waals surface area contributed by atoms with Crippen molar-refractivity contribution in [3.63, 3.8) is 0 Å². The zero-order valence-electron chi connectivity index (χ0n) is 20.2. The molecule has 2 aromatic heterocycles. The van der Waals surface area contributed by atoms with Crippen molar-refractivity contribution in [1.29, 1.82) is 0 Å². The lowest BCUT2D eigenvalue weighted by atomic mass is 9.96. The molecular weight excluding hydrogens is 460 g/mol. The lowest BCUT2D eigenvalue weighted by molar-refractivity contribution is -0.154. The van der Waals surface area contributed by atoms with E-state index >= 15 is 0 Å². The van der Waals surface area contributed by atoms with Crippen molar-refractivity contribution >= 4 is 33.7 Å². The third-order valence-electron chi connectivity index (χ3n) is 7.33. The van der Waals surface area contributed by atoms with Gasteiger partial charge < -0.3 is 23.8 Å². The minimum atomic E-state index is -0.741. The van der Waals surface area contributed by atoms with Crippen LogP contribution in [0.4, 0.5) is 0 Å². The number of aryl methyl sites for hydroxylation is 2. The Hall–Kier alpha value is -4.07. The van der Waals surface area contributed by atoms with E-state index in [-0.39, 0.29) is 24.7 Å². The van der Waals surface area contributed by atoms with Gasteiger partial charge in [-0.05, 0) is 61.1 Å². The van der Waals surface area contributed by atoms with Crippen LogP contribution in [0.3, 0.4) is 0 Å². The first-order valence-corrected chi connectivity index (χ1v) is 12.1. The molecule has 0 saturated carbocycles. The summed E-state index contributed by atoms with van der Waals surface area (Å²) in [5.74, 6) is -0.267. The number of amides is 1. The van der Waals surface area contributed by atoms with Crippen molar-refractivity contribution in [1.82, 2.24) is 9.88 Å². The molecule has 1 amide bonds. The van der Waals surface area contributed by atoms with Crippen LogP contribution in [0.1, 0.15) is 34.4 Å². The van der Waals surface area contributed by atoms with Crippen molar-refractivity contribution < 1.29 is 23.5 Å². The number of rotatable bonds is 4. The van der Waals surface area contributed by atoms with Crippen molar-refractivity contribution in [2.75, 3.05) is 13.7 Å². The zero-order valence-corrected chi connectivity index (χ0v) is 20.2. The molecule has 184 valence electrons. The second-order valence-electron chi connectivity index (χ2n) is 9.52. The van der Waals surface area contributed by atoms with Crippen LogP contribution in [-0.2, 0) is 40.1 Å². The molecule has 1 aliphatic carbocycles. The van der Waals surface area contributed by atoms with Gasteiger partial charge >= 0.3 is 11.6 Å². The van der Waals surface area contributed by atoms with Crippen LogP contribution >= 0.6 is 0 Å². The van der Waals surface area contributed by atoms with Gasteiger partial charge in [0.1, 0.15) is 17.4 Å². The number of aromatic nitrogens is 1. The summed E-state index contributed by atoms with van der Waals surface area (Å²) in [7, 11) is 1.33. The number of esters is 1. The van der Waals surface area contributed by atoms with E-state index in [0.717, 1.165) is 51.5 Å². The second-order valence-corrected chi connectivity index (χ2v) is 9.52. The van der Waals surface area contributed by atoms with Gasteiger partial charge in [-0.25, -0.2) is 9.59 Å². The Kier molecular flexibility index (Phi) is 5.32. The topological polar surface area (TPSA) is 102 Å². The van der Waals surface area contributed by atoms with Gasteiger partial charge in [0.05, 0.1) is 19.0 Å². The highest BCUT2D eigenvalue weighted by molar-refractivity contribution is 5.91. The number of hydrogen-bond acceptors (Lipinski definition) is 6. The standard InChI is InChI=1S/C28H26N2O6/c1-15-10-23(26-17-7-5-8-18(17)27(32)36-24(26)11-15)35-14-25(31)30-13-21-19(12-22(30)28(33)34-2)16-6-3-4-9-20(16)29-21/h3-4,6,9-11,22,29H,5,7-8,12-14H2,1-2H3/t22-/m1/s1. The van der Waals surface area contributed by atoms with Crippen LogP contribution in [0.5, 0.6) is 5.75 Å². The maximum Gasteiger partial charge on any atom is 0.339 e. The first-order chi connectivity index (χ1) is 17.4. The molecule has 0 spiro atoms. The number of benzene rings is 2. The summed E-state index contributed by atoms with van der Waals surface area (Å²) < 4.78 is 16.7. The molecule has 1 aliphatic heterocycles. The van der Waals surface area contributed by atoms with Crippen molar-refractivity contribution in [3.8, 4) is 5.75 Å². The summed E-state index contributed by atoms with van der Waals surface area (Å²) in [6, 6.07) is 10.8. The van der Waals surface area contributed by atoms with Gasteiger partial charge in [-0.1, -0.05) is 18.2 Å². The van der Waals surface area contributed by atoms with Gasteiger partial charge in [-0.3, -0.25) is 4.79 Å². The minimum Gasteiger partial charge on any atom is -0.483 e. The van der Waals surface area contributed by atoms with Crippen LogP contribution in [0.15, 0.2) is 45.6 Å². The van der Waals surface area contributed by atoms with Gasteiger partial charge in [0.2, 0.25) is 0 Å². The van der Waals surface area contributed by atoms with Crippen molar-refractivity contribution in [2.24, 2.45) is 0 Å². The number of methoxy groups -OCH3 is 1. The molecule has 6 rings (SSSR count). The molecule has 0 saturated heterocycles. The number of hydrogen-bond donors (Lipinski definition) is 1. The highest BCUT2D eigenvalue weighted by Gasteiger charge is 2.37. The normalized spacial score (nSPS) is 16.7. The highest BCUT2D eigenvalue weighted by Crippen LogP contribution is 2.36. The predicted molar refractivity (Wildman–Crippen MR) is 133 cm³/mol. The molecule has 2 aromatic carbocycles. The molecule has 2 aliphatic rings. The van der Waals surface area contributed by atoms with E-state index in [1.54, 1.807) is 0 Å². The summed E-state index contributed by atoms with van der Waals surface area (Å²) in [5, 5.41) is 1.80. The van der Waals surface area contributed by atoms with E-state index in [0.29, 0.717) is 29.7 Å². The van der Waals surface area contributed by atoms with E-state index in [1.807, 2.05) is 43.3 Å². The molecule has 1 N–H and O–H groups in total. The van der Waals surface area contributed by atoms with E-state index in [9.17, 15) is 14.4 Å². The van der Waals surface area contributed by atoms with Crippen molar-refractivity contribution in [3.05, 3.63) is 74.8 Å². The zero-order chi connectivity index (χ0) is 25.0. The van der Waals surface area contributed by atoms with E-state index in [2.05, 4.69) is 4.98 Å². The van der Waals surface area contributed by atoms with Crippen LogP contribution in [0.2, 0.25) is 0 Å². The molecular formula is C28H26N2O6. The molecule has 0 unspecified atom stereocenters. The predicted octanol–water partition coefficient (Wildman–Crippen LogP) is 3.58. The lowest BCUT2D eigenvalue weighted by Gasteiger charge is -2.33. The average Bonchev–Trinajstić information content (AvgIpc) is 3.50. The number of carbonyl (C=O) groups excluding carboxylic acids is 2. The Morgan fingerprint density at radius 1 is 1.14 bits per heavy atom. The third-order valence-corrected chi connectivity index (χ3v) is 7.33. The number of ether oxygens (including phenoxy) is 2. The fourth-order valence-corrected chi connectivity index (χ4v) is 5.66. The van der Waals surface area contributed by atoms with Crippen LogP contribution < -0.4 is 10.4 Å².